The van der Waals surface area contributed by atoms with Crippen molar-refractivity contribution in [3.8, 4) is 17.1 Å². The van der Waals surface area contributed by atoms with Gasteiger partial charge in [-0.05, 0) is 58.1 Å². The highest BCUT2D eigenvalue weighted by Crippen LogP contribution is 2.31. The quantitative estimate of drug-likeness (QED) is 0.381. The number of aryl methyl sites for hydroxylation is 2. The van der Waals surface area contributed by atoms with Crippen molar-refractivity contribution >= 4 is 23.5 Å². The van der Waals surface area contributed by atoms with E-state index in [0.717, 1.165) is 36.2 Å². The average molecular weight is 543 g/mol. The van der Waals surface area contributed by atoms with Crippen LogP contribution in [0.2, 0.25) is 5.28 Å². The first-order valence-corrected chi connectivity index (χ1v) is 13.4. The second-order valence-corrected chi connectivity index (χ2v) is 10.5. The van der Waals surface area contributed by atoms with Crippen LogP contribution in [0.3, 0.4) is 0 Å². The van der Waals surface area contributed by atoms with Crippen molar-refractivity contribution in [2.24, 2.45) is 13.0 Å². The first kappa shape index (κ1) is 27.7. The second kappa shape index (κ2) is 12.0. The third-order valence-electron chi connectivity index (χ3n) is 6.40. The first-order chi connectivity index (χ1) is 18.1. The number of aromatic nitrogens is 7. The zero-order chi connectivity index (χ0) is 27.4. The van der Waals surface area contributed by atoms with Crippen molar-refractivity contribution in [2.45, 2.75) is 85.0 Å². The largest absolute Gasteiger partial charge is 0.487 e. The molecule has 0 unspecified atom stereocenters. The van der Waals surface area contributed by atoms with Crippen molar-refractivity contribution in [2.75, 3.05) is 5.32 Å². The van der Waals surface area contributed by atoms with Crippen molar-refractivity contribution in [1.82, 2.24) is 34.7 Å². The van der Waals surface area contributed by atoms with E-state index in [1.54, 1.807) is 17.1 Å². The number of hydrogen-bond donors (Lipinski definition) is 1. The van der Waals surface area contributed by atoms with E-state index in [1.807, 2.05) is 41.7 Å². The molecule has 11 nitrogen and oxygen atoms in total. The van der Waals surface area contributed by atoms with E-state index in [1.165, 1.54) is 0 Å². The molecule has 12 heteroatoms. The number of esters is 1. The third-order valence-corrected chi connectivity index (χ3v) is 6.57. The fourth-order valence-corrected chi connectivity index (χ4v) is 4.57. The van der Waals surface area contributed by atoms with Gasteiger partial charge in [0.1, 0.15) is 5.82 Å². The zero-order valence-corrected chi connectivity index (χ0v) is 23.5. The fraction of sp³-hybridized carbons (Fsp3) is 0.577. The van der Waals surface area contributed by atoms with E-state index in [9.17, 15) is 4.79 Å². The Morgan fingerprint density at radius 1 is 1.16 bits per heavy atom. The van der Waals surface area contributed by atoms with Gasteiger partial charge in [-0.1, -0.05) is 13.8 Å². The summed E-state index contributed by atoms with van der Waals surface area (Å²) >= 11 is 6.08. The maximum atomic E-state index is 12.4. The van der Waals surface area contributed by atoms with Gasteiger partial charge in [0.15, 0.2) is 11.6 Å². The summed E-state index contributed by atoms with van der Waals surface area (Å²) in [6.07, 6.45) is 6.48. The lowest BCUT2D eigenvalue weighted by molar-refractivity contribution is -0.154. The smallest absolute Gasteiger partial charge is 0.309 e. The molecule has 0 bridgehead atoms. The Morgan fingerprint density at radius 3 is 2.66 bits per heavy atom. The number of nitrogens with zero attached hydrogens (tertiary/aromatic N) is 7. The number of carbonyl (C=O) groups excluding carboxylic acids is 1. The number of hydrogen-bond acceptors (Lipinski definition) is 10. The van der Waals surface area contributed by atoms with Crippen molar-refractivity contribution in [3.63, 3.8) is 0 Å². The van der Waals surface area contributed by atoms with Gasteiger partial charge in [0.05, 0.1) is 54.0 Å². The molecule has 1 aliphatic carbocycles. The SMILES string of the molecule is Cc1nc(-c2cnn(C)c2CNc2nc(Cl)nc(C(C)C)n2)ncc1O[C@H]1CCC[C@H](C(=O)OC(C)C)C1. The Hall–Kier alpha value is -3.34. The zero-order valence-electron chi connectivity index (χ0n) is 22.7. The molecule has 0 saturated heterocycles. The fourth-order valence-electron chi connectivity index (χ4n) is 4.40. The Bertz CT molecular complexity index is 1280. The Kier molecular flexibility index (Phi) is 8.76. The van der Waals surface area contributed by atoms with E-state index >= 15 is 0 Å². The topological polar surface area (TPSA) is 130 Å². The predicted molar refractivity (Wildman–Crippen MR) is 143 cm³/mol. The van der Waals surface area contributed by atoms with Crippen LogP contribution < -0.4 is 10.1 Å². The highest BCUT2D eigenvalue weighted by molar-refractivity contribution is 6.28. The van der Waals surface area contributed by atoms with Gasteiger partial charge in [0, 0.05) is 13.0 Å². The van der Waals surface area contributed by atoms with Gasteiger partial charge in [-0.15, -0.1) is 0 Å². The summed E-state index contributed by atoms with van der Waals surface area (Å²) in [5.74, 6) is 2.00. The average Bonchev–Trinajstić information content (AvgIpc) is 3.23. The first-order valence-electron chi connectivity index (χ1n) is 13.0. The molecule has 1 N–H and O–H groups in total. The Labute approximate surface area is 227 Å². The van der Waals surface area contributed by atoms with Gasteiger partial charge in [-0.25, -0.2) is 15.0 Å². The van der Waals surface area contributed by atoms with Crippen molar-refractivity contribution in [3.05, 3.63) is 34.9 Å². The lowest BCUT2D eigenvalue weighted by Gasteiger charge is -2.29. The maximum absolute atomic E-state index is 12.4. The number of carbonyl (C=O) groups is 1. The van der Waals surface area contributed by atoms with Crippen LogP contribution in [0.25, 0.3) is 11.4 Å². The molecule has 0 aromatic carbocycles. The number of halogens is 1. The number of anilines is 1. The molecule has 38 heavy (non-hydrogen) atoms. The molecule has 2 atom stereocenters. The predicted octanol–water partition coefficient (Wildman–Crippen LogP) is 4.65. The van der Waals surface area contributed by atoms with Crippen LogP contribution in [0.15, 0.2) is 12.4 Å². The molecule has 204 valence electrons. The van der Waals surface area contributed by atoms with E-state index in [4.69, 9.17) is 26.1 Å². The van der Waals surface area contributed by atoms with Gasteiger partial charge >= 0.3 is 5.97 Å². The summed E-state index contributed by atoms with van der Waals surface area (Å²) in [4.78, 5) is 34.5. The minimum absolute atomic E-state index is 0.0809. The van der Waals surface area contributed by atoms with Crippen LogP contribution in [0.4, 0.5) is 5.95 Å². The summed E-state index contributed by atoms with van der Waals surface area (Å²) in [7, 11) is 1.86. The summed E-state index contributed by atoms with van der Waals surface area (Å²) in [6, 6.07) is 0. The number of rotatable bonds is 9. The summed E-state index contributed by atoms with van der Waals surface area (Å²) in [6.45, 7) is 10.0. The lowest BCUT2D eigenvalue weighted by atomic mass is 9.87. The van der Waals surface area contributed by atoms with E-state index < -0.39 is 0 Å². The molecular formula is C26H35ClN8O3. The molecule has 1 aliphatic rings. The van der Waals surface area contributed by atoms with Crippen LogP contribution in [0.5, 0.6) is 5.75 Å². The molecule has 3 aromatic rings. The highest BCUT2D eigenvalue weighted by atomic mass is 35.5. The normalized spacial score (nSPS) is 17.6. The van der Waals surface area contributed by atoms with Crippen LogP contribution in [-0.4, -0.2) is 52.9 Å². The van der Waals surface area contributed by atoms with Gasteiger partial charge in [0.25, 0.3) is 0 Å². The molecule has 3 heterocycles. The van der Waals surface area contributed by atoms with Gasteiger partial charge < -0.3 is 14.8 Å². The van der Waals surface area contributed by atoms with Crippen LogP contribution in [0.1, 0.15) is 76.5 Å². The molecular weight excluding hydrogens is 508 g/mol. The maximum Gasteiger partial charge on any atom is 0.309 e. The van der Waals surface area contributed by atoms with Crippen molar-refractivity contribution < 1.29 is 14.3 Å². The third kappa shape index (κ3) is 6.75. The monoisotopic (exact) mass is 542 g/mol. The van der Waals surface area contributed by atoms with E-state index in [2.05, 4.69) is 30.4 Å². The van der Waals surface area contributed by atoms with E-state index in [-0.39, 0.29) is 35.3 Å². The van der Waals surface area contributed by atoms with Crippen LogP contribution >= 0.6 is 11.6 Å². The minimum Gasteiger partial charge on any atom is -0.487 e. The van der Waals surface area contributed by atoms with Crippen molar-refractivity contribution in [1.29, 1.82) is 0 Å². The molecule has 4 rings (SSSR count). The van der Waals surface area contributed by atoms with Gasteiger partial charge in [-0.2, -0.15) is 15.1 Å². The molecule has 1 fully saturated rings. The number of nitrogens with one attached hydrogen (secondary N) is 1. The minimum atomic E-state index is -0.144. The molecule has 1 saturated carbocycles. The second-order valence-electron chi connectivity index (χ2n) is 10.2. The molecule has 0 radical (unpaired) electrons. The van der Waals surface area contributed by atoms with E-state index in [0.29, 0.717) is 36.3 Å². The summed E-state index contributed by atoms with van der Waals surface area (Å²) in [5.41, 5.74) is 2.36. The lowest BCUT2D eigenvalue weighted by Crippen LogP contribution is -2.32. The standard InChI is InChI=1S/C26H35ClN8O3/c1-14(2)22-32-25(27)34-26(33-22)29-12-20-19(11-30-35(20)6)23-28-13-21(16(5)31-23)38-18-9-7-8-17(10-18)24(36)37-15(3)4/h11,13-15,17-18H,7-10,12H2,1-6H3,(H,29,32,33,34)/t17-,18-/m0/s1. The molecule has 0 spiro atoms. The number of ether oxygens (including phenoxy) is 2. The summed E-state index contributed by atoms with van der Waals surface area (Å²) in [5, 5.41) is 7.76. The van der Waals surface area contributed by atoms with Crippen LogP contribution in [0, 0.1) is 12.8 Å². The Morgan fingerprint density at radius 2 is 1.95 bits per heavy atom. The highest BCUT2D eigenvalue weighted by Gasteiger charge is 2.30. The molecule has 3 aromatic heterocycles. The molecule has 0 aliphatic heterocycles. The van der Waals surface area contributed by atoms with Gasteiger partial charge in [0.2, 0.25) is 11.2 Å². The van der Waals surface area contributed by atoms with Crippen LogP contribution in [-0.2, 0) is 23.1 Å². The summed E-state index contributed by atoms with van der Waals surface area (Å²) < 4.78 is 13.4. The Balaban J connectivity index is 1.46. The molecule has 0 amide bonds. The van der Waals surface area contributed by atoms with Gasteiger partial charge in [-0.3, -0.25) is 9.48 Å².